The number of rotatable bonds is 4. The molecule has 6 nitrogen and oxygen atoms in total. The van der Waals surface area contributed by atoms with Crippen LogP contribution in [0, 0.1) is 0 Å². The van der Waals surface area contributed by atoms with Gasteiger partial charge in [-0.2, -0.15) is 0 Å². The van der Waals surface area contributed by atoms with Crippen LogP contribution in [0.5, 0.6) is 0 Å². The summed E-state index contributed by atoms with van der Waals surface area (Å²) in [5.41, 5.74) is 2.39. The van der Waals surface area contributed by atoms with Crippen molar-refractivity contribution in [3.63, 3.8) is 0 Å². The topological polar surface area (TPSA) is 77.1 Å². The number of oxazole rings is 1. The summed E-state index contributed by atoms with van der Waals surface area (Å²) < 4.78 is 6.69. The number of carbonyl (C=O) groups is 1. The van der Waals surface area contributed by atoms with Crippen molar-refractivity contribution in [2.24, 2.45) is 0 Å². The average Bonchev–Trinajstić information content (AvgIpc) is 3.12. The van der Waals surface area contributed by atoms with Gasteiger partial charge in [-0.1, -0.05) is 25.0 Å². The molecule has 136 valence electrons. The largest absolute Gasteiger partial charge is 0.419 e. The summed E-state index contributed by atoms with van der Waals surface area (Å²) in [5.74, 6) is -0.569. The number of fused-ring (bicyclic) bond motifs is 2. The predicted octanol–water partition coefficient (Wildman–Crippen LogP) is 3.74. The smallest absolute Gasteiger partial charge is 0.408 e. The van der Waals surface area contributed by atoms with Crippen LogP contribution in [0.3, 0.4) is 0 Å². The molecule has 1 amide bonds. The second kappa shape index (κ2) is 7.45. The van der Waals surface area contributed by atoms with E-state index in [2.05, 4.69) is 10.3 Å². The van der Waals surface area contributed by atoms with Crippen molar-refractivity contribution in [2.45, 2.75) is 51.5 Å². The lowest BCUT2D eigenvalue weighted by molar-refractivity contribution is -0.116. The molecule has 1 aliphatic carbocycles. The summed E-state index contributed by atoms with van der Waals surface area (Å²) >= 11 is 1.59. The van der Waals surface area contributed by atoms with Crippen LogP contribution >= 0.6 is 11.3 Å². The van der Waals surface area contributed by atoms with E-state index < -0.39 is 5.76 Å². The molecule has 1 aromatic carbocycles. The Labute approximate surface area is 154 Å². The fourth-order valence-electron chi connectivity index (χ4n) is 3.38. The fraction of sp³-hybridized carbons (Fsp3) is 0.421. The van der Waals surface area contributed by atoms with Gasteiger partial charge in [0.25, 0.3) is 0 Å². The summed E-state index contributed by atoms with van der Waals surface area (Å²) in [4.78, 5) is 30.2. The molecule has 0 radical (unpaired) electrons. The van der Waals surface area contributed by atoms with Crippen molar-refractivity contribution < 1.29 is 9.21 Å². The Balaban J connectivity index is 1.42. The van der Waals surface area contributed by atoms with Crippen LogP contribution in [0.2, 0.25) is 0 Å². The third-order valence-corrected chi connectivity index (χ3v) is 5.80. The Morgan fingerprint density at radius 3 is 2.88 bits per heavy atom. The highest BCUT2D eigenvalue weighted by Crippen LogP contribution is 2.28. The summed E-state index contributed by atoms with van der Waals surface area (Å²) in [6.07, 6.45) is 7.14. The summed E-state index contributed by atoms with van der Waals surface area (Å²) in [6.45, 7) is 0.284. The maximum atomic E-state index is 12.3. The van der Waals surface area contributed by atoms with E-state index in [1.807, 2.05) is 18.2 Å². The zero-order valence-electron chi connectivity index (χ0n) is 14.5. The molecular weight excluding hydrogens is 350 g/mol. The molecule has 0 unspecified atom stereocenters. The second-order valence-electron chi connectivity index (χ2n) is 6.59. The first-order chi connectivity index (χ1) is 12.7. The number of amides is 1. The number of para-hydroxylation sites is 2. The van der Waals surface area contributed by atoms with Crippen LogP contribution in [0.4, 0.5) is 5.13 Å². The quantitative estimate of drug-likeness (QED) is 0.758. The first-order valence-electron chi connectivity index (χ1n) is 9.07. The minimum Gasteiger partial charge on any atom is -0.408 e. The number of nitrogens with zero attached hydrogens (tertiary/aromatic N) is 2. The molecule has 4 rings (SSSR count). The Hall–Kier alpha value is -2.41. The van der Waals surface area contributed by atoms with Crippen molar-refractivity contribution in [1.82, 2.24) is 9.55 Å². The van der Waals surface area contributed by atoms with Gasteiger partial charge in [0.1, 0.15) is 0 Å². The number of hydrogen-bond donors (Lipinski definition) is 1. The highest BCUT2D eigenvalue weighted by atomic mass is 32.1. The molecule has 1 aliphatic rings. The zero-order valence-corrected chi connectivity index (χ0v) is 15.3. The lowest BCUT2D eigenvalue weighted by Crippen LogP contribution is -2.19. The van der Waals surface area contributed by atoms with Crippen LogP contribution < -0.4 is 11.1 Å². The molecule has 0 spiro atoms. The Morgan fingerprint density at radius 1 is 1.19 bits per heavy atom. The minimum atomic E-state index is -0.434. The number of hydrogen-bond acceptors (Lipinski definition) is 5. The summed E-state index contributed by atoms with van der Waals surface area (Å²) in [7, 11) is 0. The summed E-state index contributed by atoms with van der Waals surface area (Å²) in [6, 6.07) is 7.23. The molecule has 2 aromatic heterocycles. The number of benzene rings is 1. The monoisotopic (exact) mass is 371 g/mol. The van der Waals surface area contributed by atoms with Gasteiger partial charge >= 0.3 is 5.76 Å². The molecule has 0 bridgehead atoms. The molecule has 7 heteroatoms. The molecule has 0 atom stereocenters. The third kappa shape index (κ3) is 3.58. The van der Waals surface area contributed by atoms with E-state index in [9.17, 15) is 9.59 Å². The lowest BCUT2D eigenvalue weighted by atomic mass is 10.0. The van der Waals surface area contributed by atoms with Crippen LogP contribution in [-0.2, 0) is 24.2 Å². The number of anilines is 1. The standard InChI is InChI=1S/C19H21N3O3S/c23-17(11-12-22-14-8-5-6-9-15(14)25-19(22)24)21-18-20-13-7-3-1-2-4-10-16(13)26-18/h5-6,8-9H,1-4,7,10-12H2,(H,20,21,23). The van der Waals surface area contributed by atoms with Gasteiger partial charge in [0.05, 0.1) is 11.2 Å². The molecule has 0 saturated carbocycles. The Bertz CT molecular complexity index is 960. The third-order valence-electron chi connectivity index (χ3n) is 4.73. The molecular formula is C19H21N3O3S. The van der Waals surface area contributed by atoms with Gasteiger partial charge in [0, 0.05) is 17.8 Å². The maximum absolute atomic E-state index is 12.3. The molecule has 2 heterocycles. The molecule has 3 aromatic rings. The van der Waals surface area contributed by atoms with Crippen molar-refractivity contribution in [1.29, 1.82) is 0 Å². The SMILES string of the molecule is O=C(CCn1c(=O)oc2ccccc21)Nc1nc2c(s1)CCCCCC2. The Morgan fingerprint density at radius 2 is 2.00 bits per heavy atom. The number of aromatic nitrogens is 2. The van der Waals surface area contributed by atoms with E-state index in [0.717, 1.165) is 18.5 Å². The van der Waals surface area contributed by atoms with E-state index in [1.54, 1.807) is 17.4 Å². The van der Waals surface area contributed by atoms with Crippen molar-refractivity contribution in [2.75, 3.05) is 5.32 Å². The molecule has 26 heavy (non-hydrogen) atoms. The minimum absolute atomic E-state index is 0.135. The van der Waals surface area contributed by atoms with Crippen LogP contribution in [0.1, 0.15) is 42.7 Å². The number of nitrogens with one attached hydrogen (secondary N) is 1. The molecule has 1 N–H and O–H groups in total. The van der Waals surface area contributed by atoms with Gasteiger partial charge in [0.2, 0.25) is 5.91 Å². The van der Waals surface area contributed by atoms with Crippen LogP contribution in [0.25, 0.3) is 11.1 Å². The van der Waals surface area contributed by atoms with Gasteiger partial charge in [0.15, 0.2) is 10.7 Å². The highest BCUT2D eigenvalue weighted by molar-refractivity contribution is 7.15. The van der Waals surface area contributed by atoms with Crippen LogP contribution in [0.15, 0.2) is 33.5 Å². The number of carbonyl (C=O) groups excluding carboxylic acids is 1. The van der Waals surface area contributed by atoms with Crippen molar-refractivity contribution >= 4 is 33.5 Å². The molecule has 0 saturated heterocycles. The lowest BCUT2D eigenvalue weighted by Gasteiger charge is -2.06. The van der Waals surface area contributed by atoms with Gasteiger partial charge in [-0.3, -0.25) is 9.36 Å². The van der Waals surface area contributed by atoms with Gasteiger partial charge in [-0.15, -0.1) is 11.3 Å². The van der Waals surface area contributed by atoms with Gasteiger partial charge in [-0.05, 0) is 37.8 Å². The van der Waals surface area contributed by atoms with E-state index in [1.165, 1.54) is 35.1 Å². The normalized spacial score (nSPS) is 14.6. The second-order valence-corrected chi connectivity index (χ2v) is 7.67. The van der Waals surface area contributed by atoms with Gasteiger partial charge in [-0.25, -0.2) is 9.78 Å². The fourth-order valence-corrected chi connectivity index (χ4v) is 4.45. The first kappa shape index (κ1) is 17.0. The van der Waals surface area contributed by atoms with Crippen molar-refractivity contribution in [3.8, 4) is 0 Å². The van der Waals surface area contributed by atoms with Gasteiger partial charge < -0.3 is 9.73 Å². The van der Waals surface area contributed by atoms with E-state index >= 15 is 0 Å². The molecule has 0 aliphatic heterocycles. The first-order valence-corrected chi connectivity index (χ1v) is 9.89. The van der Waals surface area contributed by atoms with Crippen molar-refractivity contribution in [3.05, 3.63) is 45.4 Å². The zero-order chi connectivity index (χ0) is 17.9. The number of thiazole rings is 1. The average molecular weight is 371 g/mol. The highest BCUT2D eigenvalue weighted by Gasteiger charge is 2.15. The maximum Gasteiger partial charge on any atom is 0.419 e. The Kier molecular flexibility index (Phi) is 4.88. The predicted molar refractivity (Wildman–Crippen MR) is 102 cm³/mol. The molecule has 0 fully saturated rings. The summed E-state index contributed by atoms with van der Waals surface area (Å²) in [5, 5.41) is 3.56. The van der Waals surface area contributed by atoms with Crippen LogP contribution in [-0.4, -0.2) is 15.5 Å². The van der Waals surface area contributed by atoms with E-state index in [-0.39, 0.29) is 18.9 Å². The van der Waals surface area contributed by atoms with E-state index in [0.29, 0.717) is 16.2 Å². The number of aryl methyl sites for hydroxylation is 3. The van der Waals surface area contributed by atoms with E-state index in [4.69, 9.17) is 4.42 Å².